The highest BCUT2D eigenvalue weighted by atomic mass is 35.5. The number of hydrogen-bond donors (Lipinski definition) is 2. The smallest absolute Gasteiger partial charge is 0.268 e. The van der Waals surface area contributed by atoms with E-state index < -0.39 is 5.54 Å². The van der Waals surface area contributed by atoms with Crippen LogP contribution >= 0.6 is 11.6 Å². The molecular formula is C13H17ClN2O2. The van der Waals surface area contributed by atoms with E-state index in [9.17, 15) is 9.90 Å². The number of amides is 1. The van der Waals surface area contributed by atoms with Crippen molar-refractivity contribution in [2.75, 3.05) is 6.61 Å². The summed E-state index contributed by atoms with van der Waals surface area (Å²) in [6, 6.07) is 2.13. The second-order valence-electron chi connectivity index (χ2n) is 5.43. The van der Waals surface area contributed by atoms with Gasteiger partial charge < -0.3 is 15.0 Å². The number of nitrogens with zero attached hydrogens (tertiary/aromatic N) is 1. The van der Waals surface area contributed by atoms with E-state index in [1.165, 1.54) is 0 Å². The van der Waals surface area contributed by atoms with Gasteiger partial charge in [0.15, 0.2) is 0 Å². The van der Waals surface area contributed by atoms with Crippen LogP contribution in [0.5, 0.6) is 0 Å². The van der Waals surface area contributed by atoms with Crippen molar-refractivity contribution < 1.29 is 9.90 Å². The molecule has 4 nitrogen and oxygen atoms in total. The Morgan fingerprint density at radius 3 is 2.78 bits per heavy atom. The van der Waals surface area contributed by atoms with Crippen LogP contribution in [0.15, 0.2) is 12.3 Å². The minimum atomic E-state index is -0.401. The third-order valence-electron chi connectivity index (χ3n) is 3.98. The van der Waals surface area contributed by atoms with Crippen LogP contribution in [0.25, 0.3) is 0 Å². The van der Waals surface area contributed by atoms with Gasteiger partial charge in [-0.1, -0.05) is 11.6 Å². The molecule has 1 aromatic heterocycles. The Bertz CT molecular complexity index is 470. The first-order valence-electron chi connectivity index (χ1n) is 6.44. The van der Waals surface area contributed by atoms with Crippen molar-refractivity contribution in [2.45, 2.75) is 43.7 Å². The topological polar surface area (TPSA) is 54.3 Å². The summed E-state index contributed by atoms with van der Waals surface area (Å²) in [5, 5.41) is 12.9. The second-order valence-corrected chi connectivity index (χ2v) is 5.86. The molecule has 0 unspecified atom stereocenters. The fourth-order valence-electron chi connectivity index (χ4n) is 2.51. The van der Waals surface area contributed by atoms with Crippen LogP contribution in [0, 0.1) is 0 Å². The molecule has 2 saturated carbocycles. The van der Waals surface area contributed by atoms with E-state index in [-0.39, 0.29) is 12.5 Å². The molecular weight excluding hydrogens is 252 g/mol. The quantitative estimate of drug-likeness (QED) is 0.879. The van der Waals surface area contributed by atoms with Gasteiger partial charge in [0.05, 0.1) is 17.2 Å². The van der Waals surface area contributed by atoms with E-state index in [2.05, 4.69) is 5.32 Å². The lowest BCUT2D eigenvalue weighted by Gasteiger charge is -2.40. The maximum Gasteiger partial charge on any atom is 0.268 e. The largest absolute Gasteiger partial charge is 0.394 e. The molecule has 1 heterocycles. The summed E-state index contributed by atoms with van der Waals surface area (Å²) in [4.78, 5) is 12.3. The first kappa shape index (κ1) is 12.1. The molecule has 0 radical (unpaired) electrons. The van der Waals surface area contributed by atoms with Crippen LogP contribution in [-0.2, 0) is 0 Å². The number of aliphatic hydroxyl groups excluding tert-OH is 1. The Hall–Kier alpha value is -1.00. The fourth-order valence-corrected chi connectivity index (χ4v) is 2.72. The molecule has 0 spiro atoms. The van der Waals surface area contributed by atoms with Crippen LogP contribution in [-0.4, -0.2) is 27.7 Å². The molecule has 5 heteroatoms. The molecule has 0 saturated heterocycles. The van der Waals surface area contributed by atoms with Gasteiger partial charge in [-0.3, -0.25) is 4.79 Å². The summed E-state index contributed by atoms with van der Waals surface area (Å²) in [6.45, 7) is 0.0105. The Morgan fingerprint density at radius 1 is 1.56 bits per heavy atom. The molecule has 2 fully saturated rings. The number of rotatable bonds is 4. The van der Waals surface area contributed by atoms with Gasteiger partial charge in [-0.2, -0.15) is 0 Å². The molecule has 2 aliphatic carbocycles. The van der Waals surface area contributed by atoms with Gasteiger partial charge in [-0.15, -0.1) is 0 Å². The predicted molar refractivity (Wildman–Crippen MR) is 68.8 cm³/mol. The number of hydrogen-bond acceptors (Lipinski definition) is 2. The summed E-state index contributed by atoms with van der Waals surface area (Å²) in [7, 11) is 0. The Balaban J connectivity index is 1.79. The maximum atomic E-state index is 12.3. The molecule has 0 aliphatic heterocycles. The van der Waals surface area contributed by atoms with Gasteiger partial charge in [-0.05, 0) is 38.2 Å². The summed E-state index contributed by atoms with van der Waals surface area (Å²) < 4.78 is 1.96. The van der Waals surface area contributed by atoms with Crippen molar-refractivity contribution >= 4 is 17.5 Å². The minimum absolute atomic E-state index is 0.0105. The molecule has 98 valence electrons. The molecule has 0 bridgehead atoms. The third-order valence-corrected chi connectivity index (χ3v) is 4.19. The average molecular weight is 269 g/mol. The summed E-state index contributed by atoms with van der Waals surface area (Å²) in [6.07, 6.45) is 6.80. The van der Waals surface area contributed by atoms with Crippen molar-refractivity contribution in [1.82, 2.24) is 9.88 Å². The lowest BCUT2D eigenvalue weighted by Crippen LogP contribution is -2.56. The third kappa shape index (κ3) is 2.04. The lowest BCUT2D eigenvalue weighted by molar-refractivity contribution is 0.0634. The van der Waals surface area contributed by atoms with Gasteiger partial charge in [0, 0.05) is 12.2 Å². The van der Waals surface area contributed by atoms with Crippen LogP contribution in [0.1, 0.15) is 48.6 Å². The molecule has 1 aromatic rings. The second kappa shape index (κ2) is 4.28. The summed E-state index contributed by atoms with van der Waals surface area (Å²) in [5.74, 6) is -0.123. The Kier molecular flexibility index (Phi) is 2.87. The maximum absolute atomic E-state index is 12.3. The predicted octanol–water partition coefficient (Wildman–Crippen LogP) is 2.12. The molecule has 1 amide bonds. The van der Waals surface area contributed by atoms with Crippen LogP contribution < -0.4 is 5.32 Å². The minimum Gasteiger partial charge on any atom is -0.394 e. The van der Waals surface area contributed by atoms with Crippen molar-refractivity contribution in [3.8, 4) is 0 Å². The highest BCUT2D eigenvalue weighted by molar-refractivity contribution is 6.31. The fraction of sp³-hybridized carbons (Fsp3) is 0.615. The molecule has 18 heavy (non-hydrogen) atoms. The highest BCUT2D eigenvalue weighted by Crippen LogP contribution is 2.38. The zero-order valence-corrected chi connectivity index (χ0v) is 10.9. The number of aromatic nitrogens is 1. The summed E-state index contributed by atoms with van der Waals surface area (Å²) in [5.41, 5.74) is 0.213. The first-order valence-corrected chi connectivity index (χ1v) is 6.82. The lowest BCUT2D eigenvalue weighted by atomic mass is 9.77. The van der Waals surface area contributed by atoms with Crippen LogP contribution in [0.2, 0.25) is 5.02 Å². The molecule has 2 N–H and O–H groups in total. The van der Waals surface area contributed by atoms with E-state index in [0.29, 0.717) is 16.8 Å². The summed E-state index contributed by atoms with van der Waals surface area (Å²) >= 11 is 5.98. The first-order chi connectivity index (χ1) is 8.63. The number of nitrogens with one attached hydrogen (secondary N) is 1. The number of halogens is 1. The number of aliphatic hydroxyl groups is 1. The van der Waals surface area contributed by atoms with Crippen molar-refractivity contribution in [3.05, 3.63) is 23.0 Å². The molecule has 2 aliphatic rings. The van der Waals surface area contributed by atoms with Gasteiger partial charge in [0.1, 0.15) is 5.69 Å². The highest BCUT2D eigenvalue weighted by Gasteiger charge is 2.39. The van der Waals surface area contributed by atoms with E-state index >= 15 is 0 Å². The van der Waals surface area contributed by atoms with Crippen molar-refractivity contribution in [2.24, 2.45) is 0 Å². The van der Waals surface area contributed by atoms with Crippen molar-refractivity contribution in [1.29, 1.82) is 0 Å². The SMILES string of the molecule is O=C(NC1(CO)CCC1)c1cc(Cl)cn1C1CC1. The molecule has 0 atom stereocenters. The number of carbonyl (C=O) groups is 1. The standard InChI is InChI=1S/C13H17ClN2O2/c14-9-6-11(16(7-9)10-2-3-10)12(18)15-13(8-17)4-1-5-13/h6-7,10,17H,1-5,8H2,(H,15,18). The van der Waals surface area contributed by atoms with E-state index in [1.807, 2.05) is 10.8 Å². The Morgan fingerprint density at radius 2 is 2.28 bits per heavy atom. The van der Waals surface area contributed by atoms with Gasteiger partial charge in [0.25, 0.3) is 5.91 Å². The van der Waals surface area contributed by atoms with E-state index in [4.69, 9.17) is 11.6 Å². The monoisotopic (exact) mass is 268 g/mol. The average Bonchev–Trinajstić information content (AvgIpc) is 3.07. The normalized spacial score (nSPS) is 21.4. The van der Waals surface area contributed by atoms with Gasteiger partial charge in [-0.25, -0.2) is 0 Å². The zero-order valence-electron chi connectivity index (χ0n) is 10.2. The molecule has 3 rings (SSSR count). The number of carbonyl (C=O) groups excluding carboxylic acids is 1. The van der Waals surface area contributed by atoms with Crippen molar-refractivity contribution in [3.63, 3.8) is 0 Å². The van der Waals surface area contributed by atoms with E-state index in [0.717, 1.165) is 32.1 Å². The van der Waals surface area contributed by atoms with Gasteiger partial charge in [0.2, 0.25) is 0 Å². The van der Waals surface area contributed by atoms with Crippen LogP contribution in [0.3, 0.4) is 0 Å². The van der Waals surface area contributed by atoms with Gasteiger partial charge >= 0.3 is 0 Å². The Labute approximate surface area is 111 Å². The molecule has 0 aromatic carbocycles. The van der Waals surface area contributed by atoms with E-state index in [1.54, 1.807) is 6.07 Å². The zero-order chi connectivity index (χ0) is 12.8. The van der Waals surface area contributed by atoms with Crippen LogP contribution in [0.4, 0.5) is 0 Å².